The molecule has 2 rings (SSSR count). The van der Waals surface area contributed by atoms with E-state index in [1.54, 1.807) is 0 Å². The number of nitrogens with zero attached hydrogens (tertiary/aromatic N) is 1. The van der Waals surface area contributed by atoms with Gasteiger partial charge in [-0.15, -0.1) is 0 Å². The maximum absolute atomic E-state index is 12.0. The first-order valence-electron chi connectivity index (χ1n) is 5.94. The van der Waals surface area contributed by atoms with E-state index in [0.29, 0.717) is 12.8 Å². The summed E-state index contributed by atoms with van der Waals surface area (Å²) in [4.78, 5) is 15.8. The molecule has 0 radical (unpaired) electrons. The van der Waals surface area contributed by atoms with Crippen LogP contribution in [-0.2, 0) is 4.74 Å². The number of carbonyl (C=O) groups is 1. The molecule has 1 aromatic rings. The van der Waals surface area contributed by atoms with Crippen LogP contribution < -0.4 is 10.1 Å². The van der Waals surface area contributed by atoms with Gasteiger partial charge in [-0.1, -0.05) is 0 Å². The van der Waals surface area contributed by atoms with Crippen molar-refractivity contribution in [2.75, 3.05) is 13.7 Å². The molecule has 19 heavy (non-hydrogen) atoms. The lowest BCUT2D eigenvalue weighted by Crippen LogP contribution is -2.35. The maximum atomic E-state index is 12.0. The van der Waals surface area contributed by atoms with Crippen molar-refractivity contribution in [1.82, 2.24) is 10.3 Å². The summed E-state index contributed by atoms with van der Waals surface area (Å²) in [5, 5.41) is 21.3. The summed E-state index contributed by atoms with van der Waals surface area (Å²) >= 11 is 0. The molecule has 1 fully saturated rings. The number of aliphatic hydroxyl groups excluding tert-OH is 1. The first-order chi connectivity index (χ1) is 9.15. The van der Waals surface area contributed by atoms with Crippen molar-refractivity contribution in [2.24, 2.45) is 0 Å². The van der Waals surface area contributed by atoms with E-state index >= 15 is 0 Å². The van der Waals surface area contributed by atoms with E-state index in [9.17, 15) is 9.90 Å². The Morgan fingerprint density at radius 1 is 1.63 bits per heavy atom. The minimum absolute atomic E-state index is 0.0744. The summed E-state index contributed by atoms with van der Waals surface area (Å²) in [6.45, 7) is -0.0744. The Balaban J connectivity index is 2.04. The van der Waals surface area contributed by atoms with Crippen LogP contribution in [0.15, 0.2) is 12.3 Å². The van der Waals surface area contributed by atoms with Crippen molar-refractivity contribution in [2.45, 2.75) is 25.2 Å². The Kier molecular flexibility index (Phi) is 4.18. The molecular weight excluding hydrogens is 252 g/mol. The normalized spacial score (nSPS) is 22.2. The third-order valence-corrected chi connectivity index (χ3v) is 2.93. The van der Waals surface area contributed by atoms with Crippen molar-refractivity contribution in [1.29, 1.82) is 0 Å². The molecule has 3 N–H and O–H groups in total. The molecule has 0 aromatic carbocycles. The number of pyridine rings is 1. The summed E-state index contributed by atoms with van der Waals surface area (Å²) in [6, 6.07) is 1.46. The zero-order chi connectivity index (χ0) is 13.8. The Hall–Kier alpha value is -1.86. The highest BCUT2D eigenvalue weighted by molar-refractivity contribution is 5.95. The molecule has 0 spiro atoms. The van der Waals surface area contributed by atoms with Gasteiger partial charge in [0.1, 0.15) is 6.23 Å². The smallest absolute Gasteiger partial charge is 0.275 e. The summed E-state index contributed by atoms with van der Waals surface area (Å²) in [7, 11) is 1.39. The Labute approximate surface area is 110 Å². The van der Waals surface area contributed by atoms with Crippen LogP contribution in [0.5, 0.6) is 11.5 Å². The SMILES string of the molecule is COc1ccnc(C(=O)NC2CCC(CO)O2)c1O. The van der Waals surface area contributed by atoms with E-state index in [-0.39, 0.29) is 29.9 Å². The number of aromatic nitrogens is 1. The minimum atomic E-state index is -0.542. The number of methoxy groups -OCH3 is 1. The van der Waals surface area contributed by atoms with Crippen LogP contribution in [0.25, 0.3) is 0 Å². The fourth-order valence-electron chi connectivity index (χ4n) is 1.93. The number of hydrogen-bond donors (Lipinski definition) is 3. The second kappa shape index (κ2) is 5.85. The number of rotatable bonds is 4. The van der Waals surface area contributed by atoms with Crippen molar-refractivity contribution in [3.8, 4) is 11.5 Å². The number of aliphatic hydroxyl groups is 1. The van der Waals surface area contributed by atoms with Crippen LogP contribution in [0.4, 0.5) is 0 Å². The third kappa shape index (κ3) is 2.94. The van der Waals surface area contributed by atoms with Crippen molar-refractivity contribution in [3.05, 3.63) is 18.0 Å². The van der Waals surface area contributed by atoms with Crippen LogP contribution in [0.3, 0.4) is 0 Å². The van der Waals surface area contributed by atoms with Gasteiger partial charge in [-0.2, -0.15) is 0 Å². The molecule has 7 heteroatoms. The second-order valence-electron chi connectivity index (χ2n) is 4.19. The molecule has 1 amide bonds. The third-order valence-electron chi connectivity index (χ3n) is 2.93. The summed E-state index contributed by atoms with van der Waals surface area (Å²) in [6.07, 6.45) is 1.94. The van der Waals surface area contributed by atoms with Crippen LogP contribution in [0.1, 0.15) is 23.3 Å². The van der Waals surface area contributed by atoms with Gasteiger partial charge in [-0.25, -0.2) is 4.98 Å². The molecule has 1 aliphatic heterocycles. The lowest BCUT2D eigenvalue weighted by molar-refractivity contribution is -0.00131. The highest BCUT2D eigenvalue weighted by Crippen LogP contribution is 2.27. The first-order valence-corrected chi connectivity index (χ1v) is 5.94. The molecule has 2 heterocycles. The molecule has 2 atom stereocenters. The van der Waals surface area contributed by atoms with E-state index in [0.717, 1.165) is 0 Å². The van der Waals surface area contributed by atoms with E-state index in [4.69, 9.17) is 14.6 Å². The van der Waals surface area contributed by atoms with Crippen LogP contribution in [0, 0.1) is 0 Å². The van der Waals surface area contributed by atoms with Crippen LogP contribution >= 0.6 is 0 Å². The zero-order valence-electron chi connectivity index (χ0n) is 10.5. The topological polar surface area (TPSA) is 101 Å². The van der Waals surface area contributed by atoms with Gasteiger partial charge in [0.25, 0.3) is 5.91 Å². The molecule has 1 aromatic heterocycles. The largest absolute Gasteiger partial charge is 0.503 e. The number of aromatic hydroxyl groups is 1. The molecule has 104 valence electrons. The van der Waals surface area contributed by atoms with Gasteiger partial charge in [-0.3, -0.25) is 4.79 Å². The van der Waals surface area contributed by atoms with E-state index < -0.39 is 12.1 Å². The predicted octanol–water partition coefficient (Wildman–Crippen LogP) is 0.0230. The molecule has 2 unspecified atom stereocenters. The average Bonchev–Trinajstić information content (AvgIpc) is 2.86. The fraction of sp³-hybridized carbons (Fsp3) is 0.500. The highest BCUT2D eigenvalue weighted by atomic mass is 16.5. The van der Waals surface area contributed by atoms with E-state index in [1.165, 1.54) is 19.4 Å². The fourth-order valence-corrected chi connectivity index (χ4v) is 1.93. The predicted molar refractivity (Wildman–Crippen MR) is 64.9 cm³/mol. The molecule has 1 saturated heterocycles. The second-order valence-corrected chi connectivity index (χ2v) is 4.19. The maximum Gasteiger partial charge on any atom is 0.275 e. The Morgan fingerprint density at radius 3 is 3.05 bits per heavy atom. The molecule has 0 saturated carbocycles. The number of hydrogen-bond acceptors (Lipinski definition) is 6. The van der Waals surface area contributed by atoms with Gasteiger partial charge in [0.05, 0.1) is 19.8 Å². The first kappa shape index (κ1) is 13.6. The molecule has 0 aliphatic carbocycles. The van der Waals surface area contributed by atoms with Crippen molar-refractivity contribution in [3.63, 3.8) is 0 Å². The van der Waals surface area contributed by atoms with Gasteiger partial charge >= 0.3 is 0 Å². The van der Waals surface area contributed by atoms with Gasteiger partial charge in [0, 0.05) is 12.3 Å². The monoisotopic (exact) mass is 268 g/mol. The summed E-state index contributed by atoms with van der Waals surface area (Å²) < 4.78 is 10.3. The number of ether oxygens (including phenoxy) is 2. The lowest BCUT2D eigenvalue weighted by atomic mass is 10.2. The lowest BCUT2D eigenvalue weighted by Gasteiger charge is -2.14. The average molecular weight is 268 g/mol. The number of nitrogens with one attached hydrogen (secondary N) is 1. The van der Waals surface area contributed by atoms with Crippen molar-refractivity contribution < 1.29 is 24.5 Å². The quantitative estimate of drug-likeness (QED) is 0.712. The summed E-state index contributed by atoms with van der Waals surface area (Å²) in [5.74, 6) is -0.667. The van der Waals surface area contributed by atoms with Gasteiger partial charge in [0.15, 0.2) is 17.2 Å². The zero-order valence-corrected chi connectivity index (χ0v) is 10.5. The standard InChI is InChI=1S/C12H16N2O5/c1-18-8-4-5-13-10(11(8)16)12(17)14-9-3-2-7(6-15)19-9/h4-5,7,9,15-16H,2-3,6H2,1H3,(H,14,17). The molecule has 1 aliphatic rings. The minimum Gasteiger partial charge on any atom is -0.503 e. The Morgan fingerprint density at radius 2 is 2.42 bits per heavy atom. The van der Waals surface area contributed by atoms with Crippen LogP contribution in [0.2, 0.25) is 0 Å². The van der Waals surface area contributed by atoms with Crippen LogP contribution in [-0.4, -0.2) is 47.2 Å². The molecule has 7 nitrogen and oxygen atoms in total. The van der Waals surface area contributed by atoms with Gasteiger partial charge in [0.2, 0.25) is 0 Å². The Bertz CT molecular complexity index is 465. The number of amides is 1. The molecular formula is C12H16N2O5. The van der Waals surface area contributed by atoms with E-state index in [1.807, 2.05) is 0 Å². The molecule has 0 bridgehead atoms. The summed E-state index contributed by atoms with van der Waals surface area (Å²) in [5.41, 5.74) is -0.115. The van der Waals surface area contributed by atoms with Gasteiger partial charge < -0.3 is 25.0 Å². The van der Waals surface area contributed by atoms with Crippen molar-refractivity contribution >= 4 is 5.91 Å². The highest BCUT2D eigenvalue weighted by Gasteiger charge is 2.27. The van der Waals surface area contributed by atoms with E-state index in [2.05, 4.69) is 10.3 Å². The number of carbonyl (C=O) groups excluding carboxylic acids is 1. The van der Waals surface area contributed by atoms with Gasteiger partial charge in [-0.05, 0) is 12.8 Å².